The van der Waals surface area contributed by atoms with Gasteiger partial charge in [-0.3, -0.25) is 4.90 Å². The molecule has 1 aliphatic rings. The van der Waals surface area contributed by atoms with E-state index >= 15 is 0 Å². The average Bonchev–Trinajstić information content (AvgIpc) is 3.34. The van der Waals surface area contributed by atoms with Gasteiger partial charge in [0, 0.05) is 45.1 Å². The van der Waals surface area contributed by atoms with Gasteiger partial charge in [0.25, 0.3) is 11.9 Å². The van der Waals surface area contributed by atoms with Gasteiger partial charge in [-0.1, -0.05) is 25.0 Å². The highest BCUT2D eigenvalue weighted by Crippen LogP contribution is 2.40. The van der Waals surface area contributed by atoms with E-state index in [0.29, 0.717) is 17.7 Å². The second-order valence-corrected chi connectivity index (χ2v) is 11.5. The molecule has 246 valence electrons. The predicted octanol–water partition coefficient (Wildman–Crippen LogP) is 7.81. The molecule has 1 fully saturated rings. The number of nitrogens with zero attached hydrogens (tertiary/aromatic N) is 6. The Balaban J connectivity index is 1.83. The molecule has 1 aliphatic heterocycles. The zero-order valence-electron chi connectivity index (χ0n) is 24.5. The van der Waals surface area contributed by atoms with E-state index < -0.39 is 71.9 Å². The number of piperidine rings is 1. The number of aromatic nitrogens is 4. The van der Waals surface area contributed by atoms with Crippen molar-refractivity contribution < 1.29 is 43.9 Å². The van der Waals surface area contributed by atoms with Gasteiger partial charge in [0.15, 0.2) is 0 Å². The first kappa shape index (κ1) is 34.3. The molecular weight excluding hydrogens is 622 g/mol. The normalized spacial score (nSPS) is 17.1. The number of aryl methyl sites for hydroxylation is 1. The number of rotatable bonds is 9. The van der Waals surface area contributed by atoms with Crippen LogP contribution in [0.3, 0.4) is 0 Å². The molecule has 0 bridgehead atoms. The molecule has 16 heteroatoms. The van der Waals surface area contributed by atoms with Gasteiger partial charge in [-0.05, 0) is 58.2 Å². The van der Waals surface area contributed by atoms with E-state index in [2.05, 4.69) is 22.3 Å². The predicted molar refractivity (Wildman–Crippen MR) is 144 cm³/mol. The molecule has 6 nitrogen and oxygen atoms in total. The van der Waals surface area contributed by atoms with Crippen molar-refractivity contribution in [2.24, 2.45) is 13.0 Å². The summed E-state index contributed by atoms with van der Waals surface area (Å²) in [4.78, 5) is 4.05. The van der Waals surface area contributed by atoms with Gasteiger partial charge in [0.1, 0.15) is 6.92 Å². The molecule has 0 N–H and O–H groups in total. The van der Waals surface area contributed by atoms with Crippen LogP contribution in [0.1, 0.15) is 66.1 Å². The zero-order valence-corrected chi connectivity index (χ0v) is 24.5. The fraction of sp³-hybridized carbons (Fsp3) is 0.517. The summed E-state index contributed by atoms with van der Waals surface area (Å²) in [6.07, 6.45) is -11.0. The monoisotopic (exact) mass is 653 g/mol. The number of hydrogen-bond acceptors (Lipinski definition) is 5. The van der Waals surface area contributed by atoms with Crippen LogP contribution in [0.4, 0.5) is 49.9 Å². The van der Waals surface area contributed by atoms with Crippen molar-refractivity contribution in [1.29, 1.82) is 0 Å². The molecule has 1 aromatic heterocycles. The first-order valence-corrected chi connectivity index (χ1v) is 13.9. The zero-order chi connectivity index (χ0) is 33.5. The summed E-state index contributed by atoms with van der Waals surface area (Å²) in [5.74, 6) is -6.80. The Morgan fingerprint density at radius 3 is 1.91 bits per heavy atom. The highest BCUT2D eigenvalue weighted by atomic mass is 19.4. The Labute approximate surface area is 253 Å². The topological polar surface area (TPSA) is 50.1 Å². The summed E-state index contributed by atoms with van der Waals surface area (Å²) >= 11 is 0. The minimum absolute atomic E-state index is 0.00169. The Kier molecular flexibility index (Phi) is 9.40. The highest BCUT2D eigenvalue weighted by molar-refractivity contribution is 5.42. The number of anilines is 1. The van der Waals surface area contributed by atoms with Crippen molar-refractivity contribution in [1.82, 2.24) is 25.1 Å². The van der Waals surface area contributed by atoms with Crippen LogP contribution in [0.15, 0.2) is 36.4 Å². The maximum Gasteiger partial charge on any atom is 0.416 e. The summed E-state index contributed by atoms with van der Waals surface area (Å²) in [7, 11) is 1.39. The first-order chi connectivity index (χ1) is 20.6. The second kappa shape index (κ2) is 12.3. The number of likely N-dealkylation sites (tertiary alicyclic amines) is 1. The third kappa shape index (κ3) is 8.38. The molecule has 1 saturated heterocycles. The average molecular weight is 654 g/mol. The number of hydrogen-bond donors (Lipinski definition) is 0. The van der Waals surface area contributed by atoms with E-state index in [-0.39, 0.29) is 43.1 Å². The third-order valence-corrected chi connectivity index (χ3v) is 7.60. The van der Waals surface area contributed by atoms with Crippen LogP contribution in [-0.4, -0.2) is 44.1 Å². The second-order valence-electron chi connectivity index (χ2n) is 11.5. The maximum atomic E-state index is 14.4. The number of halogens is 10. The highest BCUT2D eigenvalue weighted by Gasteiger charge is 2.40. The molecule has 0 saturated carbocycles. The lowest BCUT2D eigenvalue weighted by Gasteiger charge is -2.40. The Hall–Kier alpha value is -3.56. The van der Waals surface area contributed by atoms with Crippen molar-refractivity contribution in [2.45, 2.75) is 70.0 Å². The minimum atomic E-state index is -5.09. The molecule has 0 radical (unpaired) electrons. The lowest BCUT2D eigenvalue weighted by atomic mass is 9.87. The molecule has 45 heavy (non-hydrogen) atoms. The third-order valence-electron chi connectivity index (χ3n) is 7.60. The van der Waals surface area contributed by atoms with Crippen LogP contribution in [0.5, 0.6) is 0 Å². The van der Waals surface area contributed by atoms with E-state index in [1.165, 1.54) is 18.0 Å². The summed E-state index contributed by atoms with van der Waals surface area (Å²) in [5, 5.41) is 11.6. The summed E-state index contributed by atoms with van der Waals surface area (Å²) in [6.45, 7) is 5.62. The molecule has 0 aliphatic carbocycles. The summed E-state index contributed by atoms with van der Waals surface area (Å²) in [6, 6.07) is 4.32. The van der Waals surface area contributed by atoms with E-state index in [9.17, 15) is 43.9 Å². The lowest BCUT2D eigenvalue weighted by Crippen LogP contribution is -2.43. The molecule has 0 amide bonds. The molecule has 1 atom stereocenters. The molecule has 3 aromatic rings. The van der Waals surface area contributed by atoms with Crippen molar-refractivity contribution >= 4 is 5.95 Å². The fourth-order valence-corrected chi connectivity index (χ4v) is 5.50. The molecular formula is C29H31F10N6+. The quantitative estimate of drug-likeness (QED) is 0.174. The summed E-state index contributed by atoms with van der Waals surface area (Å²) < 4.78 is 138. The van der Waals surface area contributed by atoms with Crippen LogP contribution in [-0.2, 0) is 38.4 Å². The number of tetrazole rings is 1. The van der Waals surface area contributed by atoms with E-state index in [1.54, 1.807) is 0 Å². The number of alkyl halides is 10. The summed E-state index contributed by atoms with van der Waals surface area (Å²) in [5.41, 5.74) is -3.27. The lowest BCUT2D eigenvalue weighted by molar-refractivity contribution is -0.143. The first-order valence-electron chi connectivity index (χ1n) is 13.9. The molecule has 2 aromatic carbocycles. The van der Waals surface area contributed by atoms with Gasteiger partial charge >= 0.3 is 18.3 Å². The van der Waals surface area contributed by atoms with E-state index in [1.807, 2.05) is 18.7 Å². The molecule has 2 heterocycles. The standard InChI is InChI=1S/C29H31F10N6/c1-17(2)24(44-9-7-27(32,33)8-10-44)23-6-5-20(26(3,30)31)13-19(23)16-45(25-40-42-43(4)41-25)15-18-11-21(28(34,35)36)14-22(12-18)29(37,38)39/h5-6,11-14,17,24H,3,7-10,15-16H2,1-2,4H3/q+1. The maximum absolute atomic E-state index is 14.4. The van der Waals surface area contributed by atoms with Gasteiger partial charge < -0.3 is 4.90 Å². The van der Waals surface area contributed by atoms with Crippen molar-refractivity contribution in [2.75, 3.05) is 18.0 Å². The van der Waals surface area contributed by atoms with Crippen LogP contribution in [0, 0.1) is 12.8 Å². The fourth-order valence-electron chi connectivity index (χ4n) is 5.50. The van der Waals surface area contributed by atoms with Gasteiger partial charge in [0.2, 0.25) is 0 Å². The van der Waals surface area contributed by atoms with Crippen LogP contribution < -0.4 is 4.90 Å². The van der Waals surface area contributed by atoms with Gasteiger partial charge in [-0.25, -0.2) is 8.78 Å². The van der Waals surface area contributed by atoms with Crippen LogP contribution >= 0.6 is 0 Å². The Morgan fingerprint density at radius 1 is 0.867 bits per heavy atom. The van der Waals surface area contributed by atoms with Crippen molar-refractivity contribution in [3.05, 3.63) is 76.7 Å². The molecule has 4 rings (SSSR count). The smallest absolute Gasteiger partial charge is 0.330 e. The van der Waals surface area contributed by atoms with Crippen LogP contribution in [0.2, 0.25) is 0 Å². The van der Waals surface area contributed by atoms with Gasteiger partial charge in [0.05, 0.1) is 23.7 Å². The molecule has 0 spiro atoms. The van der Waals surface area contributed by atoms with Gasteiger partial charge in [-0.2, -0.15) is 39.9 Å². The van der Waals surface area contributed by atoms with Crippen molar-refractivity contribution in [3.8, 4) is 0 Å². The van der Waals surface area contributed by atoms with Crippen molar-refractivity contribution in [3.63, 3.8) is 0 Å². The largest absolute Gasteiger partial charge is 0.416 e. The van der Waals surface area contributed by atoms with E-state index in [0.717, 1.165) is 16.9 Å². The Bertz CT molecular complexity index is 1430. The minimum Gasteiger partial charge on any atom is -0.330 e. The van der Waals surface area contributed by atoms with E-state index in [4.69, 9.17) is 0 Å². The Morgan fingerprint density at radius 2 is 1.44 bits per heavy atom. The van der Waals surface area contributed by atoms with Gasteiger partial charge in [-0.15, -0.1) is 5.10 Å². The molecule has 1 unspecified atom stereocenters. The number of benzene rings is 2. The SMILES string of the molecule is [CH2+]C(F)(F)c1ccc(C(C(C)C)N2CCC(F)(F)CC2)c(CN(Cc2cc(C(F)(F)F)cc(C(F)(F)F)c2)c2nnn(C)n2)c1. The van der Waals surface area contributed by atoms with Crippen LogP contribution in [0.25, 0.3) is 0 Å².